The van der Waals surface area contributed by atoms with Gasteiger partial charge in [0.25, 0.3) is 0 Å². The second-order valence-corrected chi connectivity index (χ2v) is 7.25. The number of hydrogen-bond donors (Lipinski definition) is 1. The van der Waals surface area contributed by atoms with Crippen LogP contribution in [0.1, 0.15) is 84.0 Å². The topological polar surface area (TPSA) is 63.6 Å². The Balaban J connectivity index is 2.26. The molecule has 0 aromatic heterocycles. The summed E-state index contributed by atoms with van der Waals surface area (Å²) in [4.78, 5) is 23.2. The highest BCUT2D eigenvalue weighted by molar-refractivity contribution is 5.83. The van der Waals surface area contributed by atoms with Crippen LogP contribution in [0.2, 0.25) is 0 Å². The number of aliphatic hydroxyl groups excluding tert-OH is 1. The molecule has 0 aromatic carbocycles. The number of rotatable bonds is 13. The van der Waals surface area contributed by atoms with E-state index in [1.165, 1.54) is 7.11 Å². The summed E-state index contributed by atoms with van der Waals surface area (Å²) < 4.78 is 4.63. The van der Waals surface area contributed by atoms with E-state index in [-0.39, 0.29) is 18.0 Å². The largest absolute Gasteiger partial charge is 0.469 e. The Hall–Kier alpha value is -1.16. The van der Waals surface area contributed by atoms with Crippen LogP contribution in [-0.4, -0.2) is 30.1 Å². The third-order valence-electron chi connectivity index (χ3n) is 5.21. The van der Waals surface area contributed by atoms with Crippen molar-refractivity contribution < 1.29 is 19.4 Å². The standard InChI is InChI=1S/C21H36O4/c1-3-4-7-10-18(22)15-13-17-14-16-20(23)19(17)11-8-5-6-9-12-21(24)25-2/h13,15,17-19,22H,3-12,14,16H2,1-2H3. The number of ether oxygens (including phenoxy) is 1. The van der Waals surface area contributed by atoms with Crippen molar-refractivity contribution in [2.24, 2.45) is 11.8 Å². The number of hydrogen-bond acceptors (Lipinski definition) is 4. The monoisotopic (exact) mass is 352 g/mol. The minimum atomic E-state index is -0.374. The molecule has 4 nitrogen and oxygen atoms in total. The van der Waals surface area contributed by atoms with Crippen molar-refractivity contribution in [2.45, 2.75) is 90.1 Å². The molecular formula is C21H36O4. The first-order chi connectivity index (χ1) is 12.1. The minimum Gasteiger partial charge on any atom is -0.469 e. The molecule has 0 aliphatic heterocycles. The fourth-order valence-electron chi connectivity index (χ4n) is 3.60. The van der Waals surface area contributed by atoms with Crippen LogP contribution in [-0.2, 0) is 14.3 Å². The van der Waals surface area contributed by atoms with Crippen molar-refractivity contribution in [3.05, 3.63) is 12.2 Å². The van der Waals surface area contributed by atoms with Gasteiger partial charge in [-0.15, -0.1) is 0 Å². The van der Waals surface area contributed by atoms with Gasteiger partial charge in [0, 0.05) is 18.8 Å². The van der Waals surface area contributed by atoms with E-state index < -0.39 is 0 Å². The Morgan fingerprint density at radius 2 is 2.00 bits per heavy atom. The number of ketones is 1. The maximum absolute atomic E-state index is 12.1. The van der Waals surface area contributed by atoms with E-state index in [1.807, 2.05) is 6.08 Å². The summed E-state index contributed by atoms with van der Waals surface area (Å²) in [7, 11) is 1.42. The average molecular weight is 353 g/mol. The van der Waals surface area contributed by atoms with Crippen molar-refractivity contribution in [2.75, 3.05) is 7.11 Å². The van der Waals surface area contributed by atoms with Crippen molar-refractivity contribution in [3.8, 4) is 0 Å². The lowest BCUT2D eigenvalue weighted by atomic mass is 9.89. The Bertz CT molecular complexity index is 416. The highest BCUT2D eigenvalue weighted by Crippen LogP contribution is 2.34. The molecule has 4 heteroatoms. The molecular weight excluding hydrogens is 316 g/mol. The minimum absolute atomic E-state index is 0.125. The predicted molar refractivity (Wildman–Crippen MR) is 100 cm³/mol. The lowest BCUT2D eigenvalue weighted by molar-refractivity contribution is -0.140. The quantitative estimate of drug-likeness (QED) is 0.299. The molecule has 1 rings (SSSR count). The van der Waals surface area contributed by atoms with Crippen LogP contribution >= 0.6 is 0 Å². The number of methoxy groups -OCH3 is 1. The highest BCUT2D eigenvalue weighted by atomic mass is 16.5. The predicted octanol–water partition coefficient (Wildman–Crippen LogP) is 4.59. The zero-order valence-electron chi connectivity index (χ0n) is 16.0. The number of Topliss-reactive ketones (excluding diaryl/α,β-unsaturated/α-hetero) is 1. The molecule has 25 heavy (non-hydrogen) atoms. The van der Waals surface area contributed by atoms with E-state index >= 15 is 0 Å². The summed E-state index contributed by atoms with van der Waals surface area (Å²) in [6.07, 6.45) is 14.8. The van der Waals surface area contributed by atoms with Crippen LogP contribution in [0, 0.1) is 11.8 Å². The normalized spacial score (nSPS) is 21.8. The second-order valence-electron chi connectivity index (χ2n) is 7.25. The van der Waals surface area contributed by atoms with Gasteiger partial charge in [0.1, 0.15) is 5.78 Å². The van der Waals surface area contributed by atoms with Gasteiger partial charge in [-0.05, 0) is 31.6 Å². The summed E-state index contributed by atoms with van der Waals surface area (Å²) in [6.45, 7) is 2.16. The molecule has 0 bridgehead atoms. The fraction of sp³-hybridized carbons (Fsp3) is 0.810. The van der Waals surface area contributed by atoms with E-state index in [1.54, 1.807) is 0 Å². The van der Waals surface area contributed by atoms with E-state index in [9.17, 15) is 14.7 Å². The lowest BCUT2D eigenvalue weighted by Crippen LogP contribution is -2.14. The summed E-state index contributed by atoms with van der Waals surface area (Å²) >= 11 is 0. The van der Waals surface area contributed by atoms with E-state index in [0.717, 1.165) is 64.2 Å². The van der Waals surface area contributed by atoms with Gasteiger partial charge in [-0.1, -0.05) is 57.6 Å². The molecule has 144 valence electrons. The van der Waals surface area contributed by atoms with Crippen LogP contribution in [0.4, 0.5) is 0 Å². The first-order valence-electron chi connectivity index (χ1n) is 10.0. The molecule has 3 atom stereocenters. The van der Waals surface area contributed by atoms with E-state index in [4.69, 9.17) is 0 Å². The van der Waals surface area contributed by atoms with Crippen molar-refractivity contribution >= 4 is 11.8 Å². The van der Waals surface area contributed by atoms with E-state index in [2.05, 4.69) is 17.7 Å². The molecule has 0 aromatic rings. The summed E-state index contributed by atoms with van der Waals surface area (Å²) in [5.41, 5.74) is 0. The smallest absolute Gasteiger partial charge is 0.305 e. The Labute approximate surface area is 153 Å². The molecule has 0 spiro atoms. The van der Waals surface area contributed by atoms with Gasteiger partial charge in [-0.2, -0.15) is 0 Å². The fourth-order valence-corrected chi connectivity index (χ4v) is 3.60. The molecule has 0 radical (unpaired) electrons. The van der Waals surface area contributed by atoms with Crippen LogP contribution < -0.4 is 0 Å². The Morgan fingerprint density at radius 3 is 2.72 bits per heavy atom. The zero-order chi connectivity index (χ0) is 18.5. The van der Waals surface area contributed by atoms with Gasteiger partial charge < -0.3 is 9.84 Å². The summed E-state index contributed by atoms with van der Waals surface area (Å²) in [5.74, 6) is 0.654. The molecule has 1 aliphatic rings. The maximum Gasteiger partial charge on any atom is 0.305 e. The first-order valence-corrected chi connectivity index (χ1v) is 10.0. The number of carbonyl (C=O) groups excluding carboxylic acids is 2. The SMILES string of the molecule is CCCCCC(O)C=CC1CCC(=O)C1CCCCCCC(=O)OC. The van der Waals surface area contributed by atoms with Crippen LogP contribution in [0.3, 0.4) is 0 Å². The molecule has 0 heterocycles. The summed E-state index contributed by atoms with van der Waals surface area (Å²) in [5, 5.41) is 10.0. The molecule has 3 unspecified atom stereocenters. The van der Waals surface area contributed by atoms with E-state index in [0.29, 0.717) is 24.5 Å². The van der Waals surface area contributed by atoms with Crippen LogP contribution in [0.5, 0.6) is 0 Å². The van der Waals surface area contributed by atoms with Gasteiger partial charge in [0.2, 0.25) is 0 Å². The van der Waals surface area contributed by atoms with Crippen LogP contribution in [0.25, 0.3) is 0 Å². The second kappa shape index (κ2) is 13.1. The summed E-state index contributed by atoms with van der Waals surface area (Å²) in [6, 6.07) is 0. The molecule has 1 N–H and O–H groups in total. The molecule has 1 aliphatic carbocycles. The van der Waals surface area contributed by atoms with Gasteiger partial charge >= 0.3 is 5.97 Å². The number of aliphatic hydroxyl groups is 1. The highest BCUT2D eigenvalue weighted by Gasteiger charge is 2.32. The number of unbranched alkanes of at least 4 members (excludes halogenated alkanes) is 5. The van der Waals surface area contributed by atoms with Crippen molar-refractivity contribution in [1.29, 1.82) is 0 Å². The lowest BCUT2D eigenvalue weighted by Gasteiger charge is -2.15. The van der Waals surface area contributed by atoms with Gasteiger partial charge in [-0.3, -0.25) is 9.59 Å². The Kier molecular flexibility index (Phi) is 11.5. The molecule has 0 amide bonds. The van der Waals surface area contributed by atoms with Crippen molar-refractivity contribution in [1.82, 2.24) is 0 Å². The third kappa shape index (κ3) is 9.20. The maximum atomic E-state index is 12.1. The van der Waals surface area contributed by atoms with Gasteiger partial charge in [-0.25, -0.2) is 0 Å². The average Bonchev–Trinajstić information content (AvgIpc) is 2.96. The zero-order valence-corrected chi connectivity index (χ0v) is 16.0. The molecule has 0 saturated heterocycles. The molecule has 1 fully saturated rings. The third-order valence-corrected chi connectivity index (χ3v) is 5.21. The number of allylic oxidation sites excluding steroid dienone is 1. The number of carbonyl (C=O) groups is 2. The molecule has 1 saturated carbocycles. The Morgan fingerprint density at radius 1 is 1.24 bits per heavy atom. The van der Waals surface area contributed by atoms with Gasteiger partial charge in [0.05, 0.1) is 13.2 Å². The van der Waals surface area contributed by atoms with Gasteiger partial charge in [0.15, 0.2) is 0 Å². The van der Waals surface area contributed by atoms with Crippen LogP contribution in [0.15, 0.2) is 12.2 Å². The van der Waals surface area contributed by atoms with Crippen molar-refractivity contribution in [3.63, 3.8) is 0 Å². The first kappa shape index (κ1) is 21.9. The number of esters is 1.